The van der Waals surface area contributed by atoms with E-state index in [0.717, 1.165) is 25.0 Å². The molecule has 128 valence electrons. The summed E-state index contributed by atoms with van der Waals surface area (Å²) in [5, 5.41) is 16.1. The molecule has 1 unspecified atom stereocenters. The molecular formula is C16H21F3N2O2. The number of hydrogen-bond acceptors (Lipinski definition) is 3. The molecule has 1 aliphatic carbocycles. The third-order valence-corrected chi connectivity index (χ3v) is 3.83. The van der Waals surface area contributed by atoms with Crippen LogP contribution < -0.4 is 10.6 Å². The van der Waals surface area contributed by atoms with Crippen LogP contribution in [-0.4, -0.2) is 30.6 Å². The normalized spacial score (nSPS) is 17.6. The van der Waals surface area contributed by atoms with Crippen LogP contribution in [0.25, 0.3) is 0 Å². The Bertz CT molecular complexity index is 555. The molecule has 0 heterocycles. The van der Waals surface area contributed by atoms with Gasteiger partial charge in [0, 0.05) is 25.6 Å². The van der Waals surface area contributed by atoms with Crippen LogP contribution in [0.15, 0.2) is 24.3 Å². The first-order chi connectivity index (χ1) is 10.7. The van der Waals surface area contributed by atoms with Crippen molar-refractivity contribution in [2.75, 3.05) is 19.6 Å². The molecule has 1 aromatic carbocycles. The third kappa shape index (κ3) is 5.21. The van der Waals surface area contributed by atoms with Gasteiger partial charge in [0.1, 0.15) is 0 Å². The average Bonchev–Trinajstić information content (AvgIpc) is 3.30. The van der Waals surface area contributed by atoms with Gasteiger partial charge in [-0.3, -0.25) is 4.79 Å². The smallest absolute Gasteiger partial charge is 0.384 e. The molecule has 4 nitrogen and oxygen atoms in total. The van der Waals surface area contributed by atoms with Crippen LogP contribution in [0.5, 0.6) is 0 Å². The van der Waals surface area contributed by atoms with Crippen molar-refractivity contribution < 1.29 is 23.1 Å². The number of hydrogen-bond donors (Lipinski definition) is 3. The number of carbonyl (C=O) groups excluding carboxylic acids is 1. The maximum atomic E-state index is 12.7. The van der Waals surface area contributed by atoms with Crippen LogP contribution in [0, 0.1) is 5.92 Å². The van der Waals surface area contributed by atoms with Crippen LogP contribution >= 0.6 is 0 Å². The molecule has 0 bridgehead atoms. The summed E-state index contributed by atoms with van der Waals surface area (Å²) in [6, 6.07) is 4.67. The predicted molar refractivity (Wildman–Crippen MR) is 79.6 cm³/mol. The molecule has 1 saturated carbocycles. The minimum absolute atomic E-state index is 0.0384. The molecule has 0 aromatic heterocycles. The topological polar surface area (TPSA) is 61.4 Å². The molecule has 0 radical (unpaired) electrons. The molecule has 3 N–H and O–H groups in total. The monoisotopic (exact) mass is 330 g/mol. The first kappa shape index (κ1) is 17.7. The fourth-order valence-electron chi connectivity index (χ4n) is 2.23. The SMILES string of the molecule is CC(O)(CNCCNC(=O)C1CC1)c1cccc(C(F)(F)F)c1. The summed E-state index contributed by atoms with van der Waals surface area (Å²) < 4.78 is 38.2. The van der Waals surface area contributed by atoms with Gasteiger partial charge in [-0.15, -0.1) is 0 Å². The molecule has 1 atom stereocenters. The van der Waals surface area contributed by atoms with Crippen molar-refractivity contribution in [3.63, 3.8) is 0 Å². The summed E-state index contributed by atoms with van der Waals surface area (Å²) in [5.41, 5.74) is -2.02. The molecule has 0 saturated heterocycles. The lowest BCUT2D eigenvalue weighted by Crippen LogP contribution is -2.39. The Balaban J connectivity index is 1.82. The number of carbonyl (C=O) groups is 1. The molecule has 7 heteroatoms. The number of amides is 1. The van der Waals surface area contributed by atoms with Gasteiger partial charge in [0.25, 0.3) is 0 Å². The van der Waals surface area contributed by atoms with E-state index in [-0.39, 0.29) is 23.9 Å². The van der Waals surface area contributed by atoms with Crippen molar-refractivity contribution in [2.24, 2.45) is 5.92 Å². The third-order valence-electron chi connectivity index (χ3n) is 3.83. The van der Waals surface area contributed by atoms with Gasteiger partial charge >= 0.3 is 6.18 Å². The summed E-state index contributed by atoms with van der Waals surface area (Å²) in [5.74, 6) is 0.180. The van der Waals surface area contributed by atoms with Crippen molar-refractivity contribution >= 4 is 5.91 Å². The van der Waals surface area contributed by atoms with Gasteiger partial charge in [0.15, 0.2) is 0 Å². The lowest BCUT2D eigenvalue weighted by Gasteiger charge is -2.25. The fraction of sp³-hybridized carbons (Fsp3) is 0.562. The highest BCUT2D eigenvalue weighted by Crippen LogP contribution is 2.32. The Labute approximate surface area is 133 Å². The first-order valence-corrected chi connectivity index (χ1v) is 7.59. The van der Waals surface area contributed by atoms with Crippen molar-refractivity contribution in [3.8, 4) is 0 Å². The van der Waals surface area contributed by atoms with Crippen LogP contribution in [0.1, 0.15) is 30.9 Å². The van der Waals surface area contributed by atoms with Gasteiger partial charge in [-0.1, -0.05) is 12.1 Å². The van der Waals surface area contributed by atoms with Gasteiger partial charge in [0.2, 0.25) is 5.91 Å². The second kappa shape index (κ2) is 6.88. The average molecular weight is 330 g/mol. The van der Waals surface area contributed by atoms with Crippen LogP contribution in [0.2, 0.25) is 0 Å². The Hall–Kier alpha value is -1.60. The minimum atomic E-state index is -4.44. The van der Waals surface area contributed by atoms with E-state index in [9.17, 15) is 23.1 Å². The fourth-order valence-corrected chi connectivity index (χ4v) is 2.23. The molecule has 2 rings (SSSR count). The number of benzene rings is 1. The molecular weight excluding hydrogens is 309 g/mol. The highest BCUT2D eigenvalue weighted by Gasteiger charge is 2.32. The number of nitrogens with one attached hydrogen (secondary N) is 2. The van der Waals surface area contributed by atoms with E-state index < -0.39 is 17.3 Å². The largest absolute Gasteiger partial charge is 0.416 e. The summed E-state index contributed by atoms with van der Waals surface area (Å²) in [6.07, 6.45) is -2.57. The van der Waals surface area contributed by atoms with Crippen molar-refractivity contribution in [3.05, 3.63) is 35.4 Å². The van der Waals surface area contributed by atoms with Crippen molar-refractivity contribution in [1.29, 1.82) is 0 Å². The number of alkyl halides is 3. The van der Waals surface area contributed by atoms with E-state index in [1.165, 1.54) is 19.1 Å². The zero-order valence-corrected chi connectivity index (χ0v) is 12.9. The van der Waals surface area contributed by atoms with E-state index >= 15 is 0 Å². The zero-order valence-electron chi connectivity index (χ0n) is 12.9. The molecule has 23 heavy (non-hydrogen) atoms. The summed E-state index contributed by atoms with van der Waals surface area (Å²) in [7, 11) is 0. The highest BCUT2D eigenvalue weighted by molar-refractivity contribution is 5.80. The Morgan fingerprint density at radius 3 is 2.52 bits per heavy atom. The summed E-state index contributed by atoms with van der Waals surface area (Å²) in [6.45, 7) is 2.41. The highest BCUT2D eigenvalue weighted by atomic mass is 19.4. The van der Waals surface area contributed by atoms with E-state index in [2.05, 4.69) is 10.6 Å². The molecule has 0 spiro atoms. The Morgan fingerprint density at radius 1 is 1.26 bits per heavy atom. The standard InChI is InChI=1S/C16H21F3N2O2/c1-15(23,10-20-7-8-21-14(22)11-5-6-11)12-3-2-4-13(9-12)16(17,18)19/h2-4,9,11,20,23H,5-8,10H2,1H3,(H,21,22). The first-order valence-electron chi connectivity index (χ1n) is 7.59. The van der Waals surface area contributed by atoms with E-state index in [0.29, 0.717) is 13.1 Å². The summed E-state index contributed by atoms with van der Waals surface area (Å²) >= 11 is 0. The molecule has 1 aliphatic rings. The maximum absolute atomic E-state index is 12.7. The predicted octanol–water partition coefficient (Wildman–Crippen LogP) is 2.03. The number of rotatable bonds is 7. The number of halogens is 3. The summed E-state index contributed by atoms with van der Waals surface area (Å²) in [4.78, 5) is 11.4. The van der Waals surface area contributed by atoms with Gasteiger partial charge in [-0.05, 0) is 37.5 Å². The van der Waals surface area contributed by atoms with Crippen LogP contribution in [-0.2, 0) is 16.6 Å². The Kier molecular flexibility index (Phi) is 5.31. The molecule has 0 aliphatic heterocycles. The second-order valence-corrected chi connectivity index (χ2v) is 6.09. The minimum Gasteiger partial charge on any atom is -0.384 e. The van der Waals surface area contributed by atoms with Crippen LogP contribution in [0.3, 0.4) is 0 Å². The lowest BCUT2D eigenvalue weighted by molar-refractivity contribution is -0.137. The van der Waals surface area contributed by atoms with E-state index in [1.54, 1.807) is 0 Å². The molecule has 1 fully saturated rings. The second-order valence-electron chi connectivity index (χ2n) is 6.09. The van der Waals surface area contributed by atoms with Gasteiger partial charge in [0.05, 0.1) is 11.2 Å². The van der Waals surface area contributed by atoms with Gasteiger partial charge in [-0.2, -0.15) is 13.2 Å². The van der Waals surface area contributed by atoms with Crippen molar-refractivity contribution in [2.45, 2.75) is 31.5 Å². The van der Waals surface area contributed by atoms with E-state index in [1.807, 2.05) is 0 Å². The quantitative estimate of drug-likeness (QED) is 0.671. The molecule has 1 aromatic rings. The molecule has 1 amide bonds. The maximum Gasteiger partial charge on any atom is 0.416 e. The van der Waals surface area contributed by atoms with E-state index in [4.69, 9.17) is 0 Å². The Morgan fingerprint density at radius 2 is 1.91 bits per heavy atom. The number of aliphatic hydroxyl groups is 1. The zero-order chi connectivity index (χ0) is 17.1. The lowest BCUT2D eigenvalue weighted by atomic mass is 9.94. The van der Waals surface area contributed by atoms with Gasteiger partial charge in [-0.25, -0.2) is 0 Å². The van der Waals surface area contributed by atoms with Crippen molar-refractivity contribution in [1.82, 2.24) is 10.6 Å². The van der Waals surface area contributed by atoms with Gasteiger partial charge < -0.3 is 15.7 Å². The van der Waals surface area contributed by atoms with Crippen LogP contribution in [0.4, 0.5) is 13.2 Å².